The van der Waals surface area contributed by atoms with Crippen molar-refractivity contribution in [2.24, 2.45) is 0 Å². The molecule has 0 fully saturated rings. The highest BCUT2D eigenvalue weighted by Crippen LogP contribution is 2.20. The molecule has 1 aromatic heterocycles. The summed E-state index contributed by atoms with van der Waals surface area (Å²) in [5.41, 5.74) is 0.156. The van der Waals surface area contributed by atoms with Gasteiger partial charge >= 0.3 is 5.97 Å². The zero-order chi connectivity index (χ0) is 17.0. The Balaban J connectivity index is 2.00. The molecule has 0 unspecified atom stereocenters. The summed E-state index contributed by atoms with van der Waals surface area (Å²) in [6, 6.07) is 9.43. The second-order valence-electron chi connectivity index (χ2n) is 4.80. The lowest BCUT2D eigenvalue weighted by molar-refractivity contribution is -0.119. The number of thiophene rings is 1. The van der Waals surface area contributed by atoms with Gasteiger partial charge in [0.25, 0.3) is 5.91 Å². The molecule has 0 atom stereocenters. The SMILES string of the molecule is Cc1ccc(C(=O)OCC(=O)Nc2ccccc2S(C)(=O)=O)s1. The fourth-order valence-electron chi connectivity index (χ4n) is 1.83. The Morgan fingerprint density at radius 2 is 1.87 bits per heavy atom. The van der Waals surface area contributed by atoms with E-state index in [1.807, 2.05) is 6.92 Å². The van der Waals surface area contributed by atoms with Crippen LogP contribution in [0.1, 0.15) is 14.5 Å². The molecule has 0 aliphatic rings. The number of carbonyl (C=O) groups excluding carboxylic acids is 2. The fraction of sp³-hybridized carbons (Fsp3) is 0.200. The van der Waals surface area contributed by atoms with Gasteiger partial charge < -0.3 is 10.1 Å². The molecule has 1 aromatic carbocycles. The number of hydrogen-bond donors (Lipinski definition) is 1. The first kappa shape index (κ1) is 17.2. The topological polar surface area (TPSA) is 89.5 Å². The predicted octanol–water partition coefficient (Wildman–Crippen LogP) is 2.26. The molecule has 1 amide bonds. The molecule has 0 radical (unpaired) electrons. The number of nitrogens with one attached hydrogen (secondary N) is 1. The van der Waals surface area contributed by atoms with E-state index in [0.717, 1.165) is 11.1 Å². The quantitative estimate of drug-likeness (QED) is 0.833. The number of sulfone groups is 1. The van der Waals surface area contributed by atoms with E-state index in [4.69, 9.17) is 4.74 Å². The van der Waals surface area contributed by atoms with Crippen LogP contribution in [0.5, 0.6) is 0 Å². The summed E-state index contributed by atoms with van der Waals surface area (Å²) in [4.78, 5) is 25.0. The summed E-state index contributed by atoms with van der Waals surface area (Å²) < 4.78 is 28.2. The molecular formula is C15H15NO5S2. The minimum atomic E-state index is -3.47. The number of esters is 1. The van der Waals surface area contributed by atoms with Crippen molar-refractivity contribution in [1.29, 1.82) is 0 Å². The lowest BCUT2D eigenvalue weighted by atomic mass is 10.3. The summed E-state index contributed by atoms with van der Waals surface area (Å²) in [6.07, 6.45) is 1.05. The van der Waals surface area contributed by atoms with Crippen LogP contribution in [0.2, 0.25) is 0 Å². The van der Waals surface area contributed by atoms with Crippen LogP contribution in [0.3, 0.4) is 0 Å². The van der Waals surface area contributed by atoms with Gasteiger partial charge in [-0.1, -0.05) is 12.1 Å². The van der Waals surface area contributed by atoms with Crippen molar-refractivity contribution < 1.29 is 22.7 Å². The van der Waals surface area contributed by atoms with E-state index in [1.54, 1.807) is 24.3 Å². The molecule has 6 nitrogen and oxygen atoms in total. The van der Waals surface area contributed by atoms with Crippen LogP contribution < -0.4 is 5.32 Å². The third kappa shape index (κ3) is 4.64. The van der Waals surface area contributed by atoms with Crippen molar-refractivity contribution in [2.45, 2.75) is 11.8 Å². The highest BCUT2D eigenvalue weighted by molar-refractivity contribution is 7.90. The van der Waals surface area contributed by atoms with Crippen LogP contribution in [0, 0.1) is 6.92 Å². The van der Waals surface area contributed by atoms with E-state index in [2.05, 4.69) is 5.32 Å². The van der Waals surface area contributed by atoms with Crippen molar-refractivity contribution >= 4 is 38.7 Å². The van der Waals surface area contributed by atoms with Gasteiger partial charge in [-0.05, 0) is 31.2 Å². The van der Waals surface area contributed by atoms with Crippen LogP contribution in [0.15, 0.2) is 41.3 Å². The highest BCUT2D eigenvalue weighted by atomic mass is 32.2. The van der Waals surface area contributed by atoms with Crippen LogP contribution in [0.25, 0.3) is 0 Å². The van der Waals surface area contributed by atoms with Crippen molar-refractivity contribution in [3.63, 3.8) is 0 Å². The molecule has 2 aromatic rings. The number of aryl methyl sites for hydroxylation is 1. The van der Waals surface area contributed by atoms with Gasteiger partial charge in [0.05, 0.1) is 10.6 Å². The Morgan fingerprint density at radius 1 is 1.17 bits per heavy atom. The number of rotatable bonds is 5. The summed E-state index contributed by atoms with van der Waals surface area (Å²) in [6.45, 7) is 1.37. The standard InChI is InChI=1S/C15H15NO5S2/c1-10-7-8-12(22-10)15(18)21-9-14(17)16-11-5-3-4-6-13(11)23(2,19)20/h3-8H,9H2,1-2H3,(H,16,17). The van der Waals surface area contributed by atoms with Gasteiger partial charge in [0.15, 0.2) is 16.4 Å². The van der Waals surface area contributed by atoms with E-state index < -0.39 is 28.3 Å². The van der Waals surface area contributed by atoms with Gasteiger partial charge in [0, 0.05) is 11.1 Å². The Morgan fingerprint density at radius 3 is 2.48 bits per heavy atom. The van der Waals surface area contributed by atoms with Gasteiger partial charge in [0.2, 0.25) is 0 Å². The lowest BCUT2D eigenvalue weighted by Gasteiger charge is -2.09. The molecule has 0 aliphatic heterocycles. The van der Waals surface area contributed by atoms with Gasteiger partial charge in [-0.3, -0.25) is 4.79 Å². The molecule has 0 saturated heterocycles. The molecular weight excluding hydrogens is 338 g/mol. The zero-order valence-corrected chi connectivity index (χ0v) is 14.2. The second kappa shape index (κ2) is 6.93. The Hall–Kier alpha value is -2.19. The number of hydrogen-bond acceptors (Lipinski definition) is 6. The Labute approximate surface area is 138 Å². The van der Waals surface area contributed by atoms with Crippen molar-refractivity contribution in [3.05, 3.63) is 46.2 Å². The largest absolute Gasteiger partial charge is 0.451 e. The normalized spacial score (nSPS) is 11.0. The molecule has 2 rings (SSSR count). The van der Waals surface area contributed by atoms with E-state index >= 15 is 0 Å². The first-order chi connectivity index (χ1) is 10.8. The molecule has 0 saturated carbocycles. The van der Waals surface area contributed by atoms with E-state index in [1.165, 1.54) is 23.5 Å². The molecule has 8 heteroatoms. The third-order valence-corrected chi connectivity index (χ3v) is 4.97. The van der Waals surface area contributed by atoms with Crippen LogP contribution in [0.4, 0.5) is 5.69 Å². The minimum absolute atomic E-state index is 0.00792. The van der Waals surface area contributed by atoms with Gasteiger partial charge in [0.1, 0.15) is 4.88 Å². The maximum absolute atomic E-state index is 11.9. The van der Waals surface area contributed by atoms with E-state index in [-0.39, 0.29) is 10.6 Å². The average Bonchev–Trinajstić information content (AvgIpc) is 2.91. The second-order valence-corrected chi connectivity index (χ2v) is 8.07. The average molecular weight is 353 g/mol. The smallest absolute Gasteiger partial charge is 0.348 e. The summed E-state index contributed by atoms with van der Waals surface area (Å²) in [5, 5.41) is 2.44. The molecule has 122 valence electrons. The van der Waals surface area contributed by atoms with Crippen molar-refractivity contribution in [1.82, 2.24) is 0 Å². The third-order valence-electron chi connectivity index (χ3n) is 2.84. The van der Waals surface area contributed by atoms with Crippen LogP contribution in [-0.2, 0) is 19.4 Å². The maximum Gasteiger partial charge on any atom is 0.348 e. The lowest BCUT2D eigenvalue weighted by Crippen LogP contribution is -2.21. The monoisotopic (exact) mass is 353 g/mol. The fourth-order valence-corrected chi connectivity index (χ4v) is 3.43. The predicted molar refractivity (Wildman–Crippen MR) is 87.5 cm³/mol. The van der Waals surface area contributed by atoms with E-state index in [0.29, 0.717) is 4.88 Å². The molecule has 0 spiro atoms. The van der Waals surface area contributed by atoms with Crippen LogP contribution >= 0.6 is 11.3 Å². The molecule has 0 aliphatic carbocycles. The number of carbonyl (C=O) groups is 2. The number of amides is 1. The first-order valence-electron chi connectivity index (χ1n) is 6.60. The van der Waals surface area contributed by atoms with Gasteiger partial charge in [-0.25, -0.2) is 13.2 Å². The van der Waals surface area contributed by atoms with Crippen molar-refractivity contribution in [2.75, 3.05) is 18.2 Å². The van der Waals surface area contributed by atoms with Gasteiger partial charge in [-0.15, -0.1) is 11.3 Å². The summed E-state index contributed by atoms with van der Waals surface area (Å²) in [5.74, 6) is -1.20. The zero-order valence-electron chi connectivity index (χ0n) is 12.5. The first-order valence-corrected chi connectivity index (χ1v) is 9.30. The van der Waals surface area contributed by atoms with Gasteiger partial charge in [-0.2, -0.15) is 0 Å². The molecule has 0 bridgehead atoms. The number of anilines is 1. The summed E-state index contributed by atoms with van der Waals surface area (Å²) in [7, 11) is -3.47. The molecule has 1 N–H and O–H groups in total. The Kier molecular flexibility index (Phi) is 5.17. The highest BCUT2D eigenvalue weighted by Gasteiger charge is 2.16. The number of benzene rings is 1. The number of ether oxygens (including phenoxy) is 1. The van der Waals surface area contributed by atoms with E-state index in [9.17, 15) is 18.0 Å². The summed E-state index contributed by atoms with van der Waals surface area (Å²) >= 11 is 1.27. The maximum atomic E-state index is 11.9. The molecule has 23 heavy (non-hydrogen) atoms. The minimum Gasteiger partial charge on any atom is -0.451 e. The Bertz CT molecular complexity index is 839. The van der Waals surface area contributed by atoms with Crippen LogP contribution in [-0.4, -0.2) is 33.2 Å². The van der Waals surface area contributed by atoms with Crippen molar-refractivity contribution in [3.8, 4) is 0 Å². The number of para-hydroxylation sites is 1. The molecule has 1 heterocycles.